The summed E-state index contributed by atoms with van der Waals surface area (Å²) in [4.78, 5) is 28.4. The fourth-order valence-electron chi connectivity index (χ4n) is 2.08. The van der Waals surface area contributed by atoms with Crippen molar-refractivity contribution in [1.82, 2.24) is 4.98 Å². The molecule has 126 valence electrons. The van der Waals surface area contributed by atoms with Crippen LogP contribution in [0.3, 0.4) is 0 Å². The van der Waals surface area contributed by atoms with Crippen LogP contribution in [0.1, 0.15) is 23.8 Å². The van der Waals surface area contributed by atoms with Crippen LogP contribution < -0.4 is 10.6 Å². The summed E-state index contributed by atoms with van der Waals surface area (Å²) in [5.74, 6) is -1.17. The molecular formula is C17H18FN3O2S. The van der Waals surface area contributed by atoms with Crippen molar-refractivity contribution in [3.63, 3.8) is 0 Å². The molecule has 0 saturated heterocycles. The number of pyridine rings is 1. The first-order valence-corrected chi connectivity index (χ1v) is 8.69. The fraction of sp³-hybridized carbons (Fsp3) is 0.235. The number of carbonyl (C=O) groups is 2. The fourth-order valence-corrected chi connectivity index (χ4v) is 2.69. The molecule has 2 aromatic rings. The molecule has 2 N–H and O–H groups in total. The Morgan fingerprint density at radius 2 is 2.00 bits per heavy atom. The summed E-state index contributed by atoms with van der Waals surface area (Å²) in [6.07, 6.45) is 3.99. The van der Waals surface area contributed by atoms with Gasteiger partial charge in [-0.25, -0.2) is 4.39 Å². The number of thioether (sulfide) groups is 1. The zero-order chi connectivity index (χ0) is 17.5. The molecule has 0 radical (unpaired) electrons. The molecular weight excluding hydrogens is 329 g/mol. The lowest BCUT2D eigenvalue weighted by molar-refractivity contribution is -0.115. The standard InChI is InChI=1S/C17H18FN3O2S/c1-3-15(24-2)17(23)21-14-10-11(18)7-8-12(14)20-16(22)13-6-4-5-9-19-13/h4-10,15H,3H2,1-2H3,(H,20,22)(H,21,23)/t15-/m0/s1. The van der Waals surface area contributed by atoms with Gasteiger partial charge in [-0.3, -0.25) is 14.6 Å². The third kappa shape index (κ3) is 4.55. The molecule has 24 heavy (non-hydrogen) atoms. The molecule has 1 atom stereocenters. The highest BCUT2D eigenvalue weighted by atomic mass is 32.2. The largest absolute Gasteiger partial charge is 0.323 e. The molecule has 0 aliphatic heterocycles. The minimum atomic E-state index is -0.502. The third-order valence-corrected chi connectivity index (χ3v) is 4.45. The summed E-state index contributed by atoms with van der Waals surface area (Å²) in [6.45, 7) is 1.90. The minimum Gasteiger partial charge on any atom is -0.323 e. The van der Waals surface area contributed by atoms with Gasteiger partial charge in [-0.05, 0) is 43.0 Å². The molecule has 5 nitrogen and oxygen atoms in total. The lowest BCUT2D eigenvalue weighted by atomic mass is 10.2. The molecule has 1 heterocycles. The molecule has 2 amide bonds. The Labute approximate surface area is 144 Å². The van der Waals surface area contributed by atoms with E-state index in [0.29, 0.717) is 12.1 Å². The van der Waals surface area contributed by atoms with Crippen molar-refractivity contribution in [3.05, 3.63) is 54.1 Å². The molecule has 7 heteroatoms. The van der Waals surface area contributed by atoms with Crippen LogP contribution in [-0.2, 0) is 4.79 Å². The Kier molecular flexibility index (Phi) is 6.31. The van der Waals surface area contributed by atoms with Gasteiger partial charge in [0.25, 0.3) is 5.91 Å². The van der Waals surface area contributed by atoms with E-state index in [1.165, 1.54) is 36.2 Å². The zero-order valence-corrected chi connectivity index (χ0v) is 14.2. The van der Waals surface area contributed by atoms with Crippen molar-refractivity contribution in [2.75, 3.05) is 16.9 Å². The first kappa shape index (κ1) is 17.9. The van der Waals surface area contributed by atoms with E-state index in [2.05, 4.69) is 15.6 Å². The van der Waals surface area contributed by atoms with E-state index in [9.17, 15) is 14.0 Å². The SMILES string of the molecule is CC[C@H](SC)C(=O)Nc1cc(F)ccc1NC(=O)c1ccccn1. The second-order valence-corrected chi connectivity index (χ2v) is 6.02. The van der Waals surface area contributed by atoms with Gasteiger partial charge in [0.1, 0.15) is 11.5 Å². The number of anilines is 2. The summed E-state index contributed by atoms with van der Waals surface area (Å²) in [6, 6.07) is 8.77. The van der Waals surface area contributed by atoms with E-state index in [1.54, 1.807) is 18.2 Å². The van der Waals surface area contributed by atoms with Gasteiger partial charge in [-0.1, -0.05) is 13.0 Å². The third-order valence-electron chi connectivity index (χ3n) is 3.33. The van der Waals surface area contributed by atoms with Gasteiger partial charge >= 0.3 is 0 Å². The maximum Gasteiger partial charge on any atom is 0.274 e. The van der Waals surface area contributed by atoms with E-state index < -0.39 is 11.7 Å². The number of carbonyl (C=O) groups excluding carboxylic acids is 2. The monoisotopic (exact) mass is 347 g/mol. The molecule has 2 rings (SSSR count). The summed E-state index contributed by atoms with van der Waals surface area (Å²) in [5, 5.41) is 5.08. The van der Waals surface area contributed by atoms with Crippen molar-refractivity contribution >= 4 is 35.0 Å². The molecule has 0 fully saturated rings. The maximum atomic E-state index is 13.5. The number of amides is 2. The molecule has 1 aromatic carbocycles. The van der Waals surface area contributed by atoms with Gasteiger partial charge in [0.2, 0.25) is 5.91 Å². The van der Waals surface area contributed by atoms with Gasteiger partial charge in [-0.15, -0.1) is 0 Å². The minimum absolute atomic E-state index is 0.219. The van der Waals surface area contributed by atoms with Crippen molar-refractivity contribution in [3.8, 4) is 0 Å². The summed E-state index contributed by atoms with van der Waals surface area (Å²) < 4.78 is 13.5. The molecule has 0 aliphatic rings. The number of nitrogens with zero attached hydrogens (tertiary/aromatic N) is 1. The number of nitrogens with one attached hydrogen (secondary N) is 2. The topological polar surface area (TPSA) is 71.1 Å². The first-order valence-electron chi connectivity index (χ1n) is 7.40. The summed E-state index contributed by atoms with van der Waals surface area (Å²) in [7, 11) is 0. The van der Waals surface area contributed by atoms with Crippen molar-refractivity contribution in [2.45, 2.75) is 18.6 Å². The van der Waals surface area contributed by atoms with E-state index in [1.807, 2.05) is 13.2 Å². The molecule has 0 spiro atoms. The van der Waals surface area contributed by atoms with Crippen LogP contribution >= 0.6 is 11.8 Å². The lowest BCUT2D eigenvalue weighted by Gasteiger charge is -2.16. The number of hydrogen-bond acceptors (Lipinski definition) is 4. The average Bonchev–Trinajstić information content (AvgIpc) is 2.59. The Morgan fingerprint density at radius 3 is 2.62 bits per heavy atom. The Morgan fingerprint density at radius 1 is 1.21 bits per heavy atom. The predicted octanol–water partition coefficient (Wildman–Crippen LogP) is 3.55. The second kappa shape index (κ2) is 8.44. The molecule has 0 saturated carbocycles. The van der Waals surface area contributed by atoms with Crippen LogP contribution in [0.15, 0.2) is 42.6 Å². The van der Waals surface area contributed by atoms with Gasteiger partial charge in [-0.2, -0.15) is 11.8 Å². The Bertz CT molecular complexity index is 721. The van der Waals surface area contributed by atoms with Crippen LogP contribution in [0.5, 0.6) is 0 Å². The van der Waals surface area contributed by atoms with Gasteiger partial charge in [0.05, 0.1) is 16.6 Å². The number of halogens is 1. The highest BCUT2D eigenvalue weighted by Gasteiger charge is 2.18. The second-order valence-electron chi connectivity index (χ2n) is 4.98. The van der Waals surface area contributed by atoms with Crippen molar-refractivity contribution in [1.29, 1.82) is 0 Å². The quantitative estimate of drug-likeness (QED) is 0.838. The number of benzene rings is 1. The van der Waals surface area contributed by atoms with Gasteiger partial charge in [0.15, 0.2) is 0 Å². The first-order chi connectivity index (χ1) is 11.5. The molecule has 0 unspecified atom stereocenters. The highest BCUT2D eigenvalue weighted by Crippen LogP contribution is 2.25. The Hall–Kier alpha value is -2.41. The van der Waals surface area contributed by atoms with Crippen LogP contribution in [0.4, 0.5) is 15.8 Å². The lowest BCUT2D eigenvalue weighted by Crippen LogP contribution is -2.25. The average molecular weight is 347 g/mol. The number of rotatable bonds is 6. The normalized spacial score (nSPS) is 11.6. The van der Waals surface area contributed by atoms with Gasteiger partial charge in [0, 0.05) is 6.20 Å². The summed E-state index contributed by atoms with van der Waals surface area (Å²) >= 11 is 1.41. The highest BCUT2D eigenvalue weighted by molar-refractivity contribution is 7.99. The molecule has 1 aromatic heterocycles. The van der Waals surface area contributed by atoms with Crippen LogP contribution in [0, 0.1) is 5.82 Å². The van der Waals surface area contributed by atoms with Crippen LogP contribution in [0.25, 0.3) is 0 Å². The predicted molar refractivity (Wildman–Crippen MR) is 94.8 cm³/mol. The Balaban J connectivity index is 2.21. The van der Waals surface area contributed by atoms with E-state index in [-0.39, 0.29) is 22.5 Å². The zero-order valence-electron chi connectivity index (χ0n) is 13.4. The maximum absolute atomic E-state index is 13.5. The smallest absolute Gasteiger partial charge is 0.274 e. The number of aromatic nitrogens is 1. The van der Waals surface area contributed by atoms with Crippen molar-refractivity contribution < 1.29 is 14.0 Å². The molecule has 0 aliphatic carbocycles. The van der Waals surface area contributed by atoms with E-state index in [0.717, 1.165) is 0 Å². The van der Waals surface area contributed by atoms with Crippen molar-refractivity contribution in [2.24, 2.45) is 0 Å². The van der Waals surface area contributed by atoms with E-state index >= 15 is 0 Å². The van der Waals surface area contributed by atoms with E-state index in [4.69, 9.17) is 0 Å². The number of hydrogen-bond donors (Lipinski definition) is 2. The van der Waals surface area contributed by atoms with Crippen LogP contribution in [-0.4, -0.2) is 28.3 Å². The molecule has 0 bridgehead atoms. The van der Waals surface area contributed by atoms with Crippen LogP contribution in [0.2, 0.25) is 0 Å². The summed E-state index contributed by atoms with van der Waals surface area (Å²) in [5.41, 5.74) is 0.766. The van der Waals surface area contributed by atoms with Gasteiger partial charge < -0.3 is 10.6 Å².